The third-order valence-electron chi connectivity index (χ3n) is 12.5. The lowest BCUT2D eigenvalue weighted by molar-refractivity contribution is -0.318. The summed E-state index contributed by atoms with van der Waals surface area (Å²) in [6.07, 6.45) is -6.07. The van der Waals surface area contributed by atoms with Crippen LogP contribution in [0.5, 0.6) is 0 Å². The number of methoxy groups -OCH3 is 1. The number of rotatable bonds is 7. The van der Waals surface area contributed by atoms with Crippen LogP contribution in [0, 0.1) is 23.7 Å². The summed E-state index contributed by atoms with van der Waals surface area (Å²) in [6.45, 7) is 18.7. The Balaban J connectivity index is 1.81. The Morgan fingerprint density at radius 1 is 0.980 bits per heavy atom. The van der Waals surface area contributed by atoms with Crippen LogP contribution >= 0.6 is 0 Å². The van der Waals surface area contributed by atoms with E-state index in [0.29, 0.717) is 12.8 Å². The van der Waals surface area contributed by atoms with E-state index in [0.717, 1.165) is 0 Å². The predicted molar refractivity (Wildman–Crippen MR) is 186 cm³/mol. The fourth-order valence-corrected chi connectivity index (χ4v) is 9.28. The molecule has 2 unspecified atom stereocenters. The number of cyclic esters (lactones) is 1. The zero-order valence-corrected chi connectivity index (χ0v) is 32.7. The number of likely N-dealkylation sites (N-methyl/N-ethyl adjacent to an activating group) is 1. The number of aliphatic hydroxyl groups excluding tert-OH is 2. The molecule has 292 valence electrons. The monoisotopic (exact) mass is 716 g/mol. The van der Waals surface area contributed by atoms with E-state index in [-0.39, 0.29) is 42.9 Å². The molecule has 4 saturated heterocycles. The number of ether oxygens (including phenoxy) is 7. The van der Waals surface area contributed by atoms with E-state index >= 15 is 0 Å². The molecular weight excluding hydrogens is 648 g/mol. The summed E-state index contributed by atoms with van der Waals surface area (Å²) in [5, 5.41) is 35.0. The number of nitrogens with zero attached hydrogens (tertiary/aromatic N) is 1. The first kappa shape index (κ1) is 41.8. The minimum atomic E-state index is -1.52. The Bertz CT molecular complexity index is 1140. The molecule has 13 heteroatoms. The predicted octanol–water partition coefficient (Wildman–Crippen LogP) is 2.59. The van der Waals surface area contributed by atoms with Gasteiger partial charge in [0.15, 0.2) is 12.6 Å². The highest BCUT2D eigenvalue weighted by atomic mass is 16.7. The Kier molecular flexibility index (Phi) is 13.2. The summed E-state index contributed by atoms with van der Waals surface area (Å²) in [6, 6.07) is -0.675. The van der Waals surface area contributed by atoms with Gasteiger partial charge in [-0.05, 0) is 80.8 Å². The van der Waals surface area contributed by atoms with Crippen molar-refractivity contribution in [1.82, 2.24) is 4.90 Å². The number of hydrogen-bond acceptors (Lipinski definition) is 13. The molecule has 4 fully saturated rings. The van der Waals surface area contributed by atoms with E-state index in [4.69, 9.17) is 38.9 Å². The lowest BCUT2D eigenvalue weighted by atomic mass is 9.75. The molecule has 0 spiro atoms. The summed E-state index contributed by atoms with van der Waals surface area (Å²) < 4.78 is 44.7. The smallest absolute Gasteiger partial charge is 0.311 e. The van der Waals surface area contributed by atoms with Crippen LogP contribution < -0.4 is 5.73 Å². The molecule has 0 amide bonds. The van der Waals surface area contributed by atoms with Crippen LogP contribution in [0.25, 0.3) is 0 Å². The highest BCUT2D eigenvalue weighted by Crippen LogP contribution is 2.46. The molecule has 19 atom stereocenters. The van der Waals surface area contributed by atoms with E-state index in [1.165, 1.54) is 7.11 Å². The highest BCUT2D eigenvalue weighted by Gasteiger charge is 2.58. The average Bonchev–Trinajstić information content (AvgIpc) is 3.28. The quantitative estimate of drug-likeness (QED) is 0.284. The molecule has 50 heavy (non-hydrogen) atoms. The van der Waals surface area contributed by atoms with Crippen LogP contribution in [0.1, 0.15) is 94.9 Å². The van der Waals surface area contributed by atoms with Gasteiger partial charge in [0.05, 0.1) is 47.6 Å². The van der Waals surface area contributed by atoms with Gasteiger partial charge >= 0.3 is 5.97 Å². The summed E-state index contributed by atoms with van der Waals surface area (Å²) in [5.41, 5.74) is 3.39. The topological polar surface area (TPSA) is 172 Å². The van der Waals surface area contributed by atoms with Gasteiger partial charge in [0, 0.05) is 37.5 Å². The van der Waals surface area contributed by atoms with E-state index < -0.39 is 89.9 Å². The molecular formula is C37H68N2O11. The molecule has 0 aromatic carbocycles. The van der Waals surface area contributed by atoms with E-state index in [1.54, 1.807) is 27.7 Å². The van der Waals surface area contributed by atoms with Gasteiger partial charge in [0.25, 0.3) is 0 Å². The van der Waals surface area contributed by atoms with Gasteiger partial charge in [-0.25, -0.2) is 0 Å². The maximum Gasteiger partial charge on any atom is 0.311 e. The summed E-state index contributed by atoms with van der Waals surface area (Å²) in [7, 11) is 5.34. The number of esters is 1. The number of nitrogens with two attached hydrogens (primary N) is 1. The summed E-state index contributed by atoms with van der Waals surface area (Å²) >= 11 is 0. The molecule has 4 aliphatic heterocycles. The first-order valence-electron chi connectivity index (χ1n) is 18.7. The zero-order valence-electron chi connectivity index (χ0n) is 32.7. The fraction of sp³-hybridized carbons (Fsp3) is 0.973. The first-order valence-corrected chi connectivity index (χ1v) is 18.7. The number of fused-ring (bicyclic) bond motifs is 2. The first-order chi connectivity index (χ1) is 23.1. The van der Waals surface area contributed by atoms with E-state index in [2.05, 4.69) is 0 Å². The maximum absolute atomic E-state index is 14.2. The van der Waals surface area contributed by atoms with Crippen molar-refractivity contribution in [3.05, 3.63) is 0 Å². The number of carbonyl (C=O) groups excluding carboxylic acids is 1. The lowest BCUT2D eigenvalue weighted by Gasteiger charge is -2.49. The lowest BCUT2D eigenvalue weighted by Crippen LogP contribution is -2.60. The number of hydrogen-bond donors (Lipinski definition) is 4. The molecule has 0 radical (unpaired) electrons. The Morgan fingerprint density at radius 2 is 1.62 bits per heavy atom. The third kappa shape index (κ3) is 8.08. The van der Waals surface area contributed by atoms with E-state index in [1.807, 2.05) is 60.5 Å². The van der Waals surface area contributed by atoms with Crippen molar-refractivity contribution in [1.29, 1.82) is 0 Å². The standard InChI is InChI=1S/C37H68N2O11/c1-14-25-37(10)30(38)20(4)28(50-37)18(2)16-35(8,43)32(49-34-27(40)24(39(11)12)15-19(3)45-34)21(5)29(22(6)33(42)47-25)48-26-17-36(9,44-13)31(41)23(7)46-26/h18-32,34,40-41,43H,14-17,38H2,1-13H3/t18-,19-,20+,21+,22?,23+,24+,25-,26+,27-,28+,29?,30+,31+,32-,34+,35-,36-,37-/m1/s1. The fourth-order valence-electron chi connectivity index (χ4n) is 9.28. The SMILES string of the molecule is CC[C@H]1OC(=O)C(C)C(O[C@H]2C[C@@](C)(OC)[C@@H](O)[C@H](C)O2)[C@H](C)[C@@H](O[C@@H]2O[C@H](C)C[C@H](N(C)C)[C@H]2O)[C@](C)(O)C[C@@H](C)[C@@H]2O[C@@]1(C)[C@@H](N)[C@H]2C. The van der Waals surface area contributed by atoms with E-state index in [9.17, 15) is 20.1 Å². The van der Waals surface area contributed by atoms with Crippen molar-refractivity contribution in [3.8, 4) is 0 Å². The Labute approximate surface area is 299 Å². The average molecular weight is 717 g/mol. The Morgan fingerprint density at radius 3 is 2.20 bits per heavy atom. The largest absolute Gasteiger partial charge is 0.459 e. The minimum Gasteiger partial charge on any atom is -0.459 e. The third-order valence-corrected chi connectivity index (χ3v) is 12.5. The van der Waals surface area contributed by atoms with Crippen molar-refractivity contribution in [3.63, 3.8) is 0 Å². The zero-order chi connectivity index (χ0) is 37.7. The number of carbonyl (C=O) groups is 1. The maximum atomic E-state index is 14.2. The van der Waals surface area contributed by atoms with Gasteiger partial charge in [-0.3, -0.25) is 4.79 Å². The van der Waals surface area contributed by atoms with Crippen molar-refractivity contribution in [2.24, 2.45) is 29.4 Å². The molecule has 4 heterocycles. The molecule has 4 rings (SSSR count). The normalized spacial score (nSPS) is 52.6. The molecule has 5 N–H and O–H groups in total. The molecule has 13 nitrogen and oxygen atoms in total. The van der Waals surface area contributed by atoms with Crippen LogP contribution in [0.2, 0.25) is 0 Å². The second kappa shape index (κ2) is 15.8. The molecule has 4 aliphatic rings. The van der Waals surface area contributed by atoms with Gasteiger partial charge in [0.1, 0.15) is 23.9 Å². The van der Waals surface area contributed by atoms with Gasteiger partial charge in [-0.1, -0.05) is 27.7 Å². The minimum absolute atomic E-state index is 0.0899. The van der Waals surface area contributed by atoms with Crippen LogP contribution in [-0.2, 0) is 38.0 Å². The molecule has 0 aromatic rings. The molecule has 2 bridgehead atoms. The number of aliphatic hydroxyl groups is 3. The van der Waals surface area contributed by atoms with Gasteiger partial charge < -0.3 is 59.1 Å². The van der Waals surface area contributed by atoms with Crippen LogP contribution in [0.15, 0.2) is 0 Å². The molecule has 0 saturated carbocycles. The van der Waals surface area contributed by atoms with Crippen LogP contribution in [0.4, 0.5) is 0 Å². The molecule has 0 aromatic heterocycles. The van der Waals surface area contributed by atoms with Crippen molar-refractivity contribution in [2.45, 2.75) is 185 Å². The van der Waals surface area contributed by atoms with Crippen LogP contribution in [0.3, 0.4) is 0 Å². The Hall–Kier alpha value is -0.970. The summed E-state index contributed by atoms with van der Waals surface area (Å²) in [4.78, 5) is 16.2. The van der Waals surface area contributed by atoms with Crippen molar-refractivity contribution in [2.75, 3.05) is 21.2 Å². The van der Waals surface area contributed by atoms with Gasteiger partial charge in [0.2, 0.25) is 0 Å². The summed E-state index contributed by atoms with van der Waals surface area (Å²) in [5.74, 6) is -2.33. The van der Waals surface area contributed by atoms with Crippen molar-refractivity contribution < 1.29 is 53.3 Å². The second-order valence-corrected chi connectivity index (χ2v) is 16.8. The molecule has 0 aliphatic carbocycles. The van der Waals surface area contributed by atoms with Crippen molar-refractivity contribution >= 4 is 5.97 Å². The van der Waals surface area contributed by atoms with Gasteiger partial charge in [-0.2, -0.15) is 0 Å². The van der Waals surface area contributed by atoms with Crippen LogP contribution in [-0.4, -0.2) is 138 Å². The second-order valence-electron chi connectivity index (χ2n) is 16.8. The highest BCUT2D eigenvalue weighted by molar-refractivity contribution is 5.73. The van der Waals surface area contributed by atoms with Gasteiger partial charge in [-0.15, -0.1) is 0 Å².